The normalized spacial score (nSPS) is 12.2. The third-order valence-electron chi connectivity index (χ3n) is 5.72. The summed E-state index contributed by atoms with van der Waals surface area (Å²) in [7, 11) is -4.03. The Labute approximate surface area is 222 Å². The van der Waals surface area contributed by atoms with Crippen LogP contribution in [0.1, 0.15) is 38.3 Å². The van der Waals surface area contributed by atoms with Crippen LogP contribution in [0.5, 0.6) is 0 Å². The van der Waals surface area contributed by atoms with Crippen molar-refractivity contribution in [3.63, 3.8) is 0 Å². The predicted octanol–water partition coefficient (Wildman–Crippen LogP) is 3.90. The Hall–Kier alpha value is -3.18. The van der Waals surface area contributed by atoms with Crippen molar-refractivity contribution in [1.29, 1.82) is 0 Å². The zero-order valence-electron chi connectivity index (χ0n) is 21.6. The maximum absolute atomic E-state index is 13.7. The summed E-state index contributed by atoms with van der Waals surface area (Å²) < 4.78 is 26.4. The maximum Gasteiger partial charge on any atom is 0.271 e. The van der Waals surface area contributed by atoms with Gasteiger partial charge in [0.1, 0.15) is 12.6 Å². The van der Waals surface area contributed by atoms with Crippen LogP contribution in [0, 0.1) is 23.0 Å². The highest BCUT2D eigenvalue weighted by atomic mass is 35.5. The first kappa shape index (κ1) is 30.0. The Morgan fingerprint density at radius 2 is 1.81 bits per heavy atom. The number of nitro groups is 1. The van der Waals surface area contributed by atoms with Gasteiger partial charge >= 0.3 is 0 Å². The predicted molar refractivity (Wildman–Crippen MR) is 144 cm³/mol. The molecule has 2 amide bonds. The number of sulfonamides is 1. The van der Waals surface area contributed by atoms with Crippen LogP contribution in [-0.4, -0.2) is 55.4 Å². The van der Waals surface area contributed by atoms with Gasteiger partial charge < -0.3 is 10.2 Å². The third-order valence-corrected chi connectivity index (χ3v) is 7.22. The number of benzene rings is 2. The molecule has 2 rings (SSSR count). The molecule has 0 saturated carbocycles. The molecule has 0 bridgehead atoms. The second kappa shape index (κ2) is 12.9. The smallest absolute Gasteiger partial charge is 0.271 e. The van der Waals surface area contributed by atoms with E-state index in [-0.39, 0.29) is 36.2 Å². The van der Waals surface area contributed by atoms with Crippen molar-refractivity contribution in [3.05, 3.63) is 68.7 Å². The molecule has 10 nitrogen and oxygen atoms in total. The largest absolute Gasteiger partial charge is 0.354 e. The highest BCUT2D eigenvalue weighted by molar-refractivity contribution is 7.92. The van der Waals surface area contributed by atoms with Gasteiger partial charge in [-0.25, -0.2) is 8.42 Å². The van der Waals surface area contributed by atoms with Gasteiger partial charge in [0, 0.05) is 30.2 Å². The molecule has 0 heterocycles. The fourth-order valence-corrected chi connectivity index (χ4v) is 4.82. The van der Waals surface area contributed by atoms with Crippen molar-refractivity contribution in [2.24, 2.45) is 5.92 Å². The SMILES string of the molecule is CC[C@@H](C(=O)NCC(C)C)N(Cc1ccccc1Cl)C(=O)CN(c1cc([N+](=O)[O-])ccc1C)S(C)(=O)=O. The number of hydrogen-bond acceptors (Lipinski definition) is 6. The number of carbonyl (C=O) groups excluding carboxylic acids is 2. The number of rotatable bonds is 12. The number of amides is 2. The van der Waals surface area contributed by atoms with E-state index >= 15 is 0 Å². The number of aryl methyl sites for hydroxylation is 1. The lowest BCUT2D eigenvalue weighted by atomic mass is 10.1. The van der Waals surface area contributed by atoms with Crippen LogP contribution < -0.4 is 9.62 Å². The number of nitro benzene ring substituents is 1. The molecule has 202 valence electrons. The van der Waals surface area contributed by atoms with Gasteiger partial charge in [-0.05, 0) is 36.5 Å². The van der Waals surface area contributed by atoms with Crippen LogP contribution in [0.25, 0.3) is 0 Å². The molecule has 2 aromatic carbocycles. The molecule has 2 aromatic rings. The van der Waals surface area contributed by atoms with Crippen molar-refractivity contribution in [3.8, 4) is 0 Å². The van der Waals surface area contributed by atoms with Crippen molar-refractivity contribution >= 4 is 44.8 Å². The lowest BCUT2D eigenvalue weighted by molar-refractivity contribution is -0.384. The van der Waals surface area contributed by atoms with E-state index in [9.17, 15) is 28.1 Å². The monoisotopic (exact) mass is 552 g/mol. The summed E-state index contributed by atoms with van der Waals surface area (Å²) in [5, 5.41) is 14.6. The fourth-order valence-electron chi connectivity index (χ4n) is 3.73. The maximum atomic E-state index is 13.7. The molecule has 0 aromatic heterocycles. The molecule has 0 spiro atoms. The van der Waals surface area contributed by atoms with Crippen LogP contribution in [0.4, 0.5) is 11.4 Å². The van der Waals surface area contributed by atoms with E-state index in [0.29, 0.717) is 22.7 Å². The molecule has 0 unspecified atom stereocenters. The molecular formula is C25H33ClN4O6S. The first-order valence-corrected chi connectivity index (χ1v) is 14.0. The molecule has 0 aliphatic heterocycles. The Morgan fingerprint density at radius 1 is 1.16 bits per heavy atom. The lowest BCUT2D eigenvalue weighted by Gasteiger charge is -2.33. The zero-order chi connectivity index (χ0) is 27.9. The van der Waals surface area contributed by atoms with Gasteiger partial charge in [-0.3, -0.25) is 24.0 Å². The quantitative estimate of drug-likeness (QED) is 0.314. The molecular weight excluding hydrogens is 520 g/mol. The first-order valence-electron chi connectivity index (χ1n) is 11.8. The van der Waals surface area contributed by atoms with Gasteiger partial charge in [-0.15, -0.1) is 0 Å². The van der Waals surface area contributed by atoms with E-state index in [0.717, 1.165) is 16.6 Å². The lowest BCUT2D eigenvalue weighted by Crippen LogP contribution is -2.52. The molecule has 0 saturated heterocycles. The van der Waals surface area contributed by atoms with Crippen LogP contribution >= 0.6 is 11.6 Å². The Morgan fingerprint density at radius 3 is 2.35 bits per heavy atom. The van der Waals surface area contributed by atoms with Crippen LogP contribution in [0.15, 0.2) is 42.5 Å². The summed E-state index contributed by atoms with van der Waals surface area (Å²) in [5.74, 6) is -0.830. The third kappa shape index (κ3) is 8.16. The average molecular weight is 553 g/mol. The molecule has 0 aliphatic carbocycles. The molecule has 1 atom stereocenters. The minimum absolute atomic E-state index is 0.0139. The summed E-state index contributed by atoms with van der Waals surface area (Å²) in [4.78, 5) is 38.8. The van der Waals surface area contributed by atoms with Gasteiger partial charge in [-0.1, -0.05) is 56.6 Å². The molecule has 12 heteroatoms. The minimum atomic E-state index is -4.03. The van der Waals surface area contributed by atoms with Crippen molar-refractivity contribution in [2.45, 2.75) is 46.7 Å². The van der Waals surface area contributed by atoms with E-state index in [4.69, 9.17) is 11.6 Å². The fraction of sp³-hybridized carbons (Fsp3) is 0.440. The van der Waals surface area contributed by atoms with Gasteiger partial charge in [0.2, 0.25) is 21.8 Å². The zero-order valence-corrected chi connectivity index (χ0v) is 23.2. The molecule has 0 fully saturated rings. The number of nitrogens with zero attached hydrogens (tertiary/aromatic N) is 3. The van der Waals surface area contributed by atoms with Gasteiger partial charge in [0.05, 0.1) is 16.9 Å². The van der Waals surface area contributed by atoms with E-state index in [1.807, 2.05) is 13.8 Å². The average Bonchev–Trinajstić information content (AvgIpc) is 2.81. The number of halogens is 1. The van der Waals surface area contributed by atoms with Crippen LogP contribution in [0.2, 0.25) is 5.02 Å². The molecule has 1 N–H and O–H groups in total. The number of non-ortho nitro benzene ring substituents is 1. The van der Waals surface area contributed by atoms with Gasteiger partial charge in [0.25, 0.3) is 5.69 Å². The molecule has 37 heavy (non-hydrogen) atoms. The first-order chi connectivity index (χ1) is 17.3. The Kier molecular flexibility index (Phi) is 10.4. The van der Waals surface area contributed by atoms with Gasteiger partial charge in [0.15, 0.2) is 0 Å². The van der Waals surface area contributed by atoms with Crippen molar-refractivity contribution in [1.82, 2.24) is 10.2 Å². The second-order valence-electron chi connectivity index (χ2n) is 9.17. The summed E-state index contributed by atoms with van der Waals surface area (Å²) >= 11 is 6.34. The standard InChI is InChI=1S/C25H33ClN4O6S/c1-6-22(25(32)27-14-17(2)3)28(15-19-9-7-8-10-21(19)26)24(31)16-29(37(5,35)36)23-13-20(30(33)34)12-11-18(23)4/h7-13,17,22H,6,14-16H2,1-5H3,(H,27,32)/t22-/m0/s1. The number of carbonyl (C=O) groups is 2. The minimum Gasteiger partial charge on any atom is -0.354 e. The summed E-state index contributed by atoms with van der Waals surface area (Å²) in [6.07, 6.45) is 1.19. The molecule has 0 aliphatic rings. The highest BCUT2D eigenvalue weighted by Crippen LogP contribution is 2.28. The summed E-state index contributed by atoms with van der Waals surface area (Å²) in [5.41, 5.74) is 0.724. The van der Waals surface area contributed by atoms with E-state index in [2.05, 4.69) is 5.32 Å². The summed E-state index contributed by atoms with van der Waals surface area (Å²) in [6, 6.07) is 9.78. The van der Waals surface area contributed by atoms with E-state index < -0.39 is 33.4 Å². The Balaban J connectivity index is 2.52. The molecule has 0 radical (unpaired) electrons. The van der Waals surface area contributed by atoms with Crippen molar-refractivity contribution in [2.75, 3.05) is 23.7 Å². The van der Waals surface area contributed by atoms with E-state index in [1.165, 1.54) is 17.0 Å². The Bertz CT molecular complexity index is 1250. The van der Waals surface area contributed by atoms with E-state index in [1.54, 1.807) is 38.1 Å². The van der Waals surface area contributed by atoms with Crippen molar-refractivity contribution < 1.29 is 22.9 Å². The topological polar surface area (TPSA) is 130 Å². The number of anilines is 1. The number of nitrogens with one attached hydrogen (secondary N) is 1. The number of hydrogen-bond donors (Lipinski definition) is 1. The second-order valence-corrected chi connectivity index (χ2v) is 11.5. The van der Waals surface area contributed by atoms with Crippen LogP contribution in [0.3, 0.4) is 0 Å². The highest BCUT2D eigenvalue weighted by Gasteiger charge is 2.33. The van der Waals surface area contributed by atoms with Crippen LogP contribution in [-0.2, 0) is 26.2 Å². The summed E-state index contributed by atoms with van der Waals surface area (Å²) in [6.45, 7) is 6.96. The van der Waals surface area contributed by atoms with Gasteiger partial charge in [-0.2, -0.15) is 0 Å².